The molecule has 0 amide bonds. The summed E-state index contributed by atoms with van der Waals surface area (Å²) >= 11 is 2.38. The van der Waals surface area contributed by atoms with Crippen LogP contribution in [0.15, 0.2) is 60.7 Å². The Hall–Kier alpha value is -1.39. The van der Waals surface area contributed by atoms with Gasteiger partial charge in [-0.05, 0) is 63.0 Å². The number of nitrogens with two attached hydrogens (primary N) is 1. The van der Waals surface area contributed by atoms with E-state index in [-0.39, 0.29) is 6.04 Å². The van der Waals surface area contributed by atoms with Gasteiger partial charge < -0.3 is 5.73 Å². The molecule has 0 bridgehead atoms. The summed E-state index contributed by atoms with van der Waals surface area (Å²) in [5, 5.41) is 2.49. The van der Waals surface area contributed by atoms with Crippen LogP contribution >= 0.6 is 22.6 Å². The van der Waals surface area contributed by atoms with Gasteiger partial charge in [-0.3, -0.25) is 0 Å². The molecular formula is C18H16IN. The molecule has 0 saturated carbocycles. The normalized spacial score (nSPS) is 12.6. The summed E-state index contributed by atoms with van der Waals surface area (Å²) < 4.78 is 1.26. The maximum absolute atomic E-state index is 6.47. The molecule has 0 aliphatic carbocycles. The highest BCUT2D eigenvalue weighted by Gasteiger charge is 2.13. The van der Waals surface area contributed by atoms with Crippen molar-refractivity contribution in [3.63, 3.8) is 0 Å². The van der Waals surface area contributed by atoms with Gasteiger partial charge in [-0.1, -0.05) is 54.6 Å². The van der Waals surface area contributed by atoms with Crippen LogP contribution in [-0.4, -0.2) is 0 Å². The Kier molecular flexibility index (Phi) is 3.76. The van der Waals surface area contributed by atoms with Crippen LogP contribution < -0.4 is 5.73 Å². The SMILES string of the molecule is Cc1cccc(C(N)c2ccc3ccccc3c2)c1I. The van der Waals surface area contributed by atoms with Crippen LogP contribution in [0.3, 0.4) is 0 Å². The predicted molar refractivity (Wildman–Crippen MR) is 93.9 cm³/mol. The largest absolute Gasteiger partial charge is 0.320 e. The lowest BCUT2D eigenvalue weighted by Gasteiger charge is -2.16. The quantitative estimate of drug-likeness (QED) is 0.642. The zero-order chi connectivity index (χ0) is 14.1. The first-order chi connectivity index (χ1) is 9.66. The standard InChI is InChI=1S/C18H16IN/c1-12-5-4-8-16(17(12)19)18(20)15-10-9-13-6-2-3-7-14(13)11-15/h2-11,18H,20H2,1H3. The van der Waals surface area contributed by atoms with Crippen molar-refractivity contribution in [3.8, 4) is 0 Å². The number of fused-ring (bicyclic) bond motifs is 1. The highest BCUT2D eigenvalue weighted by atomic mass is 127. The Bertz CT molecular complexity index is 764. The zero-order valence-corrected chi connectivity index (χ0v) is 13.5. The minimum Gasteiger partial charge on any atom is -0.320 e. The molecule has 2 heteroatoms. The Morgan fingerprint density at radius 3 is 2.45 bits per heavy atom. The van der Waals surface area contributed by atoms with E-state index in [9.17, 15) is 0 Å². The number of benzene rings is 3. The first-order valence-electron chi connectivity index (χ1n) is 6.66. The molecule has 0 spiro atoms. The summed E-state index contributed by atoms with van der Waals surface area (Å²) in [4.78, 5) is 0. The molecule has 1 atom stereocenters. The van der Waals surface area contributed by atoms with Gasteiger partial charge in [-0.15, -0.1) is 0 Å². The Morgan fingerprint density at radius 1 is 0.900 bits per heavy atom. The Labute approximate surface area is 133 Å². The van der Waals surface area contributed by atoms with Crippen molar-refractivity contribution >= 4 is 33.4 Å². The third-order valence-electron chi connectivity index (χ3n) is 3.69. The second-order valence-electron chi connectivity index (χ2n) is 5.06. The predicted octanol–water partition coefficient (Wildman–Crippen LogP) is 4.80. The van der Waals surface area contributed by atoms with Gasteiger partial charge in [-0.25, -0.2) is 0 Å². The average Bonchev–Trinajstić information content (AvgIpc) is 2.49. The molecule has 1 unspecified atom stereocenters. The van der Waals surface area contributed by atoms with E-state index in [4.69, 9.17) is 5.73 Å². The zero-order valence-electron chi connectivity index (χ0n) is 11.3. The van der Waals surface area contributed by atoms with Crippen LogP contribution in [0.25, 0.3) is 10.8 Å². The molecule has 0 fully saturated rings. The Balaban J connectivity index is 2.08. The molecule has 0 aliphatic rings. The third kappa shape index (κ3) is 2.45. The van der Waals surface area contributed by atoms with Gasteiger partial charge in [0.25, 0.3) is 0 Å². The second kappa shape index (κ2) is 5.54. The van der Waals surface area contributed by atoms with Crippen LogP contribution in [0.4, 0.5) is 0 Å². The number of rotatable bonds is 2. The minimum absolute atomic E-state index is 0.0774. The summed E-state index contributed by atoms with van der Waals surface area (Å²) in [6, 6.07) is 21.1. The van der Waals surface area contributed by atoms with Crippen molar-refractivity contribution in [2.24, 2.45) is 5.73 Å². The fourth-order valence-corrected chi connectivity index (χ4v) is 3.19. The van der Waals surface area contributed by atoms with Gasteiger partial charge in [-0.2, -0.15) is 0 Å². The van der Waals surface area contributed by atoms with Crippen molar-refractivity contribution in [1.29, 1.82) is 0 Å². The average molecular weight is 373 g/mol. The fourth-order valence-electron chi connectivity index (χ4n) is 2.49. The van der Waals surface area contributed by atoms with E-state index in [0.29, 0.717) is 0 Å². The molecule has 0 radical (unpaired) electrons. The Morgan fingerprint density at radius 2 is 1.65 bits per heavy atom. The maximum Gasteiger partial charge on any atom is 0.0562 e. The summed E-state index contributed by atoms with van der Waals surface area (Å²) in [6.07, 6.45) is 0. The van der Waals surface area contributed by atoms with E-state index in [0.717, 1.165) is 5.56 Å². The molecule has 3 aromatic carbocycles. The second-order valence-corrected chi connectivity index (χ2v) is 6.14. The molecule has 100 valence electrons. The highest BCUT2D eigenvalue weighted by Crippen LogP contribution is 2.28. The molecule has 0 aromatic heterocycles. The molecule has 0 heterocycles. The van der Waals surface area contributed by atoms with Crippen molar-refractivity contribution in [1.82, 2.24) is 0 Å². The molecule has 3 aromatic rings. The van der Waals surface area contributed by atoms with Gasteiger partial charge in [0.05, 0.1) is 6.04 Å². The smallest absolute Gasteiger partial charge is 0.0562 e. The van der Waals surface area contributed by atoms with Crippen molar-refractivity contribution < 1.29 is 0 Å². The summed E-state index contributed by atoms with van der Waals surface area (Å²) in [6.45, 7) is 2.12. The number of aryl methyl sites for hydroxylation is 1. The monoisotopic (exact) mass is 373 g/mol. The van der Waals surface area contributed by atoms with Crippen molar-refractivity contribution in [3.05, 3.63) is 80.9 Å². The van der Waals surface area contributed by atoms with Crippen LogP contribution in [0.5, 0.6) is 0 Å². The van der Waals surface area contributed by atoms with Crippen LogP contribution in [-0.2, 0) is 0 Å². The number of hydrogen-bond acceptors (Lipinski definition) is 1. The highest BCUT2D eigenvalue weighted by molar-refractivity contribution is 14.1. The topological polar surface area (TPSA) is 26.0 Å². The third-order valence-corrected chi connectivity index (χ3v) is 5.16. The molecule has 2 N–H and O–H groups in total. The minimum atomic E-state index is -0.0774. The lowest BCUT2D eigenvalue weighted by molar-refractivity contribution is 0.865. The van der Waals surface area contributed by atoms with Gasteiger partial charge >= 0.3 is 0 Å². The molecular weight excluding hydrogens is 357 g/mol. The first-order valence-corrected chi connectivity index (χ1v) is 7.74. The van der Waals surface area contributed by atoms with E-state index >= 15 is 0 Å². The van der Waals surface area contributed by atoms with Crippen LogP contribution in [0, 0.1) is 10.5 Å². The number of halogens is 1. The van der Waals surface area contributed by atoms with E-state index < -0.39 is 0 Å². The fraction of sp³-hybridized carbons (Fsp3) is 0.111. The summed E-state index contributed by atoms with van der Waals surface area (Å²) in [7, 11) is 0. The maximum atomic E-state index is 6.47. The lowest BCUT2D eigenvalue weighted by Crippen LogP contribution is -2.13. The summed E-state index contributed by atoms with van der Waals surface area (Å²) in [5.74, 6) is 0. The van der Waals surface area contributed by atoms with Crippen LogP contribution in [0.2, 0.25) is 0 Å². The van der Waals surface area contributed by atoms with Crippen molar-refractivity contribution in [2.75, 3.05) is 0 Å². The van der Waals surface area contributed by atoms with E-state index in [1.54, 1.807) is 0 Å². The van der Waals surface area contributed by atoms with E-state index in [2.05, 4.69) is 90.2 Å². The number of hydrogen-bond donors (Lipinski definition) is 1. The van der Waals surface area contributed by atoms with Gasteiger partial charge in [0, 0.05) is 3.57 Å². The molecule has 0 saturated heterocycles. The van der Waals surface area contributed by atoms with E-state index in [1.165, 1.54) is 25.5 Å². The van der Waals surface area contributed by atoms with Crippen molar-refractivity contribution in [2.45, 2.75) is 13.0 Å². The van der Waals surface area contributed by atoms with Gasteiger partial charge in [0.1, 0.15) is 0 Å². The van der Waals surface area contributed by atoms with E-state index in [1.807, 2.05) is 0 Å². The lowest BCUT2D eigenvalue weighted by atomic mass is 9.96. The van der Waals surface area contributed by atoms with Gasteiger partial charge in [0.2, 0.25) is 0 Å². The van der Waals surface area contributed by atoms with Crippen LogP contribution in [0.1, 0.15) is 22.7 Å². The van der Waals surface area contributed by atoms with Gasteiger partial charge in [0.15, 0.2) is 0 Å². The molecule has 1 nitrogen and oxygen atoms in total. The molecule has 3 rings (SSSR count). The first kappa shape index (κ1) is 13.6. The molecule has 0 aliphatic heterocycles. The molecule has 20 heavy (non-hydrogen) atoms. The summed E-state index contributed by atoms with van der Waals surface area (Å²) in [5.41, 5.74) is 10.1.